The van der Waals surface area contributed by atoms with Crippen LogP contribution in [0.25, 0.3) is 0 Å². The summed E-state index contributed by atoms with van der Waals surface area (Å²) in [7, 11) is -3.54. The fourth-order valence-corrected chi connectivity index (χ4v) is 4.51. The highest BCUT2D eigenvalue weighted by atomic mass is 32.2. The van der Waals surface area contributed by atoms with Gasteiger partial charge in [-0.3, -0.25) is 4.79 Å². The highest BCUT2D eigenvalue weighted by Gasteiger charge is 2.45. The molecule has 1 fully saturated rings. The monoisotopic (exact) mass is 411 g/mol. The van der Waals surface area contributed by atoms with Crippen LogP contribution in [-0.2, 0) is 24.1 Å². The van der Waals surface area contributed by atoms with E-state index in [9.17, 15) is 18.0 Å². The van der Waals surface area contributed by atoms with Gasteiger partial charge in [0.25, 0.3) is 0 Å². The molecule has 0 aromatic heterocycles. The molecule has 0 spiro atoms. The average molecular weight is 412 g/mol. The maximum absolute atomic E-state index is 12.8. The van der Waals surface area contributed by atoms with Crippen LogP contribution in [0.4, 0.5) is 4.79 Å². The van der Waals surface area contributed by atoms with Gasteiger partial charge in [-0.25, -0.2) is 13.2 Å². The number of ether oxygens (including phenoxy) is 2. The van der Waals surface area contributed by atoms with Gasteiger partial charge in [-0.15, -0.1) is 0 Å². The van der Waals surface area contributed by atoms with Crippen molar-refractivity contribution in [1.29, 1.82) is 0 Å². The second kappa shape index (κ2) is 8.51. The van der Waals surface area contributed by atoms with E-state index in [0.717, 1.165) is 0 Å². The minimum atomic E-state index is -3.54. The maximum Gasteiger partial charge on any atom is 0.410 e. The predicted molar refractivity (Wildman–Crippen MR) is 105 cm³/mol. The molecule has 1 heterocycles. The summed E-state index contributed by atoms with van der Waals surface area (Å²) in [4.78, 5) is 26.9. The number of benzene rings is 1. The van der Waals surface area contributed by atoms with E-state index in [1.54, 1.807) is 52.8 Å². The quantitative estimate of drug-likeness (QED) is 0.690. The second-order valence-electron chi connectivity index (χ2n) is 7.71. The zero-order valence-corrected chi connectivity index (χ0v) is 17.9. The summed E-state index contributed by atoms with van der Waals surface area (Å²) in [6.07, 6.45) is -0.198. The topological polar surface area (TPSA) is 90.0 Å². The van der Waals surface area contributed by atoms with Crippen molar-refractivity contribution in [2.75, 3.05) is 18.9 Å². The molecule has 28 heavy (non-hydrogen) atoms. The van der Waals surface area contributed by atoms with Crippen LogP contribution in [0.1, 0.15) is 52.6 Å². The number of amides is 1. The van der Waals surface area contributed by atoms with E-state index in [2.05, 4.69) is 0 Å². The van der Waals surface area contributed by atoms with Crippen molar-refractivity contribution in [1.82, 2.24) is 4.90 Å². The minimum absolute atomic E-state index is 0.0761. The SMILES string of the molecule is CCOC(=O)[C@@H]1CCN(C(=O)OC(C)(C)C)[C@@H]1c1ccccc1S(=O)(=O)CC. The molecule has 0 unspecified atom stereocenters. The van der Waals surface area contributed by atoms with Crippen LogP contribution in [0.2, 0.25) is 0 Å². The lowest BCUT2D eigenvalue weighted by Crippen LogP contribution is -2.38. The number of nitrogens with zero attached hydrogens (tertiary/aromatic N) is 1. The van der Waals surface area contributed by atoms with E-state index in [4.69, 9.17) is 9.47 Å². The Morgan fingerprint density at radius 1 is 1.18 bits per heavy atom. The fourth-order valence-electron chi connectivity index (χ4n) is 3.36. The first kappa shape index (κ1) is 22.2. The van der Waals surface area contributed by atoms with Crippen molar-refractivity contribution in [3.63, 3.8) is 0 Å². The molecule has 0 bridgehead atoms. The molecule has 156 valence electrons. The lowest BCUT2D eigenvalue weighted by Gasteiger charge is -2.31. The Kier molecular flexibility index (Phi) is 6.75. The molecule has 1 aromatic rings. The number of carbonyl (C=O) groups is 2. The summed E-state index contributed by atoms with van der Waals surface area (Å²) in [6.45, 7) is 9.04. The van der Waals surface area contributed by atoms with Crippen LogP contribution in [0, 0.1) is 5.92 Å². The van der Waals surface area contributed by atoms with Gasteiger partial charge in [-0.1, -0.05) is 25.1 Å². The molecule has 1 amide bonds. The van der Waals surface area contributed by atoms with Crippen LogP contribution in [0.15, 0.2) is 29.2 Å². The molecule has 7 nitrogen and oxygen atoms in total. The largest absolute Gasteiger partial charge is 0.466 e. The smallest absolute Gasteiger partial charge is 0.410 e. The summed E-state index contributed by atoms with van der Waals surface area (Å²) in [5, 5.41) is 0. The Bertz CT molecular complexity index is 827. The van der Waals surface area contributed by atoms with E-state index >= 15 is 0 Å². The van der Waals surface area contributed by atoms with E-state index < -0.39 is 39.5 Å². The first-order chi connectivity index (χ1) is 13.0. The van der Waals surface area contributed by atoms with Gasteiger partial charge in [-0.05, 0) is 45.7 Å². The maximum atomic E-state index is 12.8. The average Bonchev–Trinajstić information content (AvgIpc) is 3.05. The Hall–Kier alpha value is -2.09. The number of hydrogen-bond donors (Lipinski definition) is 0. The van der Waals surface area contributed by atoms with E-state index in [-0.39, 0.29) is 23.8 Å². The highest BCUT2D eigenvalue weighted by molar-refractivity contribution is 7.91. The molecule has 1 aliphatic heterocycles. The zero-order chi connectivity index (χ0) is 21.1. The molecule has 0 N–H and O–H groups in total. The number of hydrogen-bond acceptors (Lipinski definition) is 6. The molecule has 0 aliphatic carbocycles. The first-order valence-electron chi connectivity index (χ1n) is 9.49. The molecular weight excluding hydrogens is 382 g/mol. The van der Waals surface area contributed by atoms with E-state index in [1.807, 2.05) is 0 Å². The van der Waals surface area contributed by atoms with Crippen molar-refractivity contribution >= 4 is 21.9 Å². The molecule has 0 radical (unpaired) electrons. The van der Waals surface area contributed by atoms with Crippen LogP contribution < -0.4 is 0 Å². The normalized spacial score (nSPS) is 20.1. The van der Waals surface area contributed by atoms with Gasteiger partial charge in [0.1, 0.15) is 5.60 Å². The molecule has 2 atom stereocenters. The van der Waals surface area contributed by atoms with Gasteiger partial charge in [-0.2, -0.15) is 0 Å². The van der Waals surface area contributed by atoms with Crippen molar-refractivity contribution in [3.05, 3.63) is 29.8 Å². The van der Waals surface area contributed by atoms with Crippen molar-refractivity contribution in [2.45, 2.75) is 57.6 Å². The number of esters is 1. The second-order valence-corrected chi connectivity index (χ2v) is 9.95. The fraction of sp³-hybridized carbons (Fsp3) is 0.600. The summed E-state index contributed by atoms with van der Waals surface area (Å²) in [5.41, 5.74) is -0.288. The van der Waals surface area contributed by atoms with Gasteiger partial charge in [0, 0.05) is 6.54 Å². The highest BCUT2D eigenvalue weighted by Crippen LogP contribution is 2.41. The number of likely N-dealkylation sites (tertiary alicyclic amines) is 1. The lowest BCUT2D eigenvalue weighted by atomic mass is 9.93. The summed E-state index contributed by atoms with van der Waals surface area (Å²) in [5.74, 6) is -1.17. The van der Waals surface area contributed by atoms with E-state index in [1.165, 1.54) is 11.0 Å². The molecular formula is C20H29NO6S. The molecule has 1 aliphatic rings. The molecule has 8 heteroatoms. The third kappa shape index (κ3) is 4.84. The third-order valence-corrected chi connectivity index (χ3v) is 6.37. The predicted octanol–water partition coefficient (Wildman–Crippen LogP) is 3.34. The molecule has 1 aromatic carbocycles. The zero-order valence-electron chi connectivity index (χ0n) is 17.1. The third-order valence-electron chi connectivity index (χ3n) is 4.57. The van der Waals surface area contributed by atoms with Crippen LogP contribution in [-0.4, -0.2) is 49.9 Å². The van der Waals surface area contributed by atoms with Gasteiger partial charge < -0.3 is 14.4 Å². The Morgan fingerprint density at radius 2 is 1.82 bits per heavy atom. The van der Waals surface area contributed by atoms with Crippen molar-refractivity contribution in [2.24, 2.45) is 5.92 Å². The van der Waals surface area contributed by atoms with Crippen molar-refractivity contribution < 1.29 is 27.5 Å². The standard InChI is InChI=1S/C20H29NO6S/c1-6-26-18(22)15-12-13-21(19(23)27-20(3,4)5)17(15)14-10-8-9-11-16(14)28(24,25)7-2/h8-11,15,17H,6-7,12-13H2,1-5H3/t15-,17-/m1/s1. The Morgan fingerprint density at radius 3 is 2.39 bits per heavy atom. The van der Waals surface area contributed by atoms with E-state index in [0.29, 0.717) is 12.0 Å². The molecule has 2 rings (SSSR count). The lowest BCUT2D eigenvalue weighted by molar-refractivity contribution is -0.148. The molecule has 0 saturated carbocycles. The van der Waals surface area contributed by atoms with Gasteiger partial charge >= 0.3 is 12.1 Å². The number of rotatable bonds is 5. The van der Waals surface area contributed by atoms with Crippen LogP contribution in [0.5, 0.6) is 0 Å². The van der Waals surface area contributed by atoms with Crippen molar-refractivity contribution in [3.8, 4) is 0 Å². The number of carbonyl (C=O) groups excluding carboxylic acids is 2. The number of sulfone groups is 1. The first-order valence-corrected chi connectivity index (χ1v) is 11.1. The summed E-state index contributed by atoms with van der Waals surface area (Å²) in [6, 6.07) is 5.76. The summed E-state index contributed by atoms with van der Waals surface area (Å²) >= 11 is 0. The van der Waals surface area contributed by atoms with Crippen LogP contribution >= 0.6 is 0 Å². The Labute approximate surface area is 166 Å². The Balaban J connectivity index is 2.55. The van der Waals surface area contributed by atoms with Crippen LogP contribution in [0.3, 0.4) is 0 Å². The van der Waals surface area contributed by atoms with Gasteiger partial charge in [0.2, 0.25) is 0 Å². The van der Waals surface area contributed by atoms with Gasteiger partial charge in [0.05, 0.1) is 29.2 Å². The van der Waals surface area contributed by atoms with Gasteiger partial charge in [0.15, 0.2) is 9.84 Å². The minimum Gasteiger partial charge on any atom is -0.466 e. The summed E-state index contributed by atoms with van der Waals surface area (Å²) < 4.78 is 36.0. The molecule has 1 saturated heterocycles.